The van der Waals surface area contributed by atoms with Gasteiger partial charge in [-0.15, -0.1) is 11.3 Å². The van der Waals surface area contributed by atoms with Crippen LogP contribution in [-0.2, 0) is 6.42 Å². The Morgan fingerprint density at radius 3 is 2.29 bits per heavy atom. The average molecular weight is 324 g/mol. The van der Waals surface area contributed by atoms with Crippen molar-refractivity contribution in [3.63, 3.8) is 0 Å². The quantitative estimate of drug-likeness (QED) is 0.335. The highest BCUT2D eigenvalue weighted by Gasteiger charge is 2.07. The molecule has 24 heavy (non-hydrogen) atoms. The Morgan fingerprint density at radius 2 is 1.33 bits per heavy atom. The summed E-state index contributed by atoms with van der Waals surface area (Å²) in [5.74, 6) is 0. The Kier molecular flexibility index (Phi) is 3.14. The molecule has 0 N–H and O–H groups in total. The van der Waals surface area contributed by atoms with E-state index in [4.69, 9.17) is 0 Å². The van der Waals surface area contributed by atoms with E-state index in [1.807, 2.05) is 11.3 Å². The van der Waals surface area contributed by atoms with Crippen molar-refractivity contribution in [2.24, 2.45) is 0 Å². The van der Waals surface area contributed by atoms with E-state index in [0.717, 1.165) is 6.42 Å². The van der Waals surface area contributed by atoms with Crippen LogP contribution in [0.2, 0.25) is 0 Å². The molecule has 0 aliphatic heterocycles. The number of rotatable bonds is 2. The number of fused-ring (bicyclic) bond motifs is 4. The van der Waals surface area contributed by atoms with Crippen molar-refractivity contribution in [2.75, 3.05) is 0 Å². The zero-order valence-electron chi connectivity index (χ0n) is 13.2. The maximum absolute atomic E-state index is 2.36. The monoisotopic (exact) mass is 324 g/mol. The molecule has 0 saturated carbocycles. The number of benzene rings is 4. The van der Waals surface area contributed by atoms with Gasteiger partial charge in [0.1, 0.15) is 0 Å². The summed E-state index contributed by atoms with van der Waals surface area (Å²) in [7, 11) is 0. The molecule has 5 rings (SSSR count). The highest BCUT2D eigenvalue weighted by atomic mass is 32.1. The van der Waals surface area contributed by atoms with Gasteiger partial charge in [-0.2, -0.15) is 0 Å². The van der Waals surface area contributed by atoms with E-state index in [0.29, 0.717) is 0 Å². The van der Waals surface area contributed by atoms with Crippen LogP contribution in [0.1, 0.15) is 11.1 Å². The van der Waals surface area contributed by atoms with Crippen LogP contribution in [0.4, 0.5) is 0 Å². The van der Waals surface area contributed by atoms with Gasteiger partial charge in [0.05, 0.1) is 0 Å². The minimum atomic E-state index is 0.978. The fraction of sp³-hybridized carbons (Fsp3) is 0.0435. The second-order valence-electron chi connectivity index (χ2n) is 6.24. The molecule has 1 heterocycles. The van der Waals surface area contributed by atoms with Crippen molar-refractivity contribution >= 4 is 42.3 Å². The summed E-state index contributed by atoms with van der Waals surface area (Å²) in [5.41, 5.74) is 2.78. The molecule has 0 fully saturated rings. The van der Waals surface area contributed by atoms with Gasteiger partial charge < -0.3 is 0 Å². The summed E-state index contributed by atoms with van der Waals surface area (Å²) < 4.78 is 2.75. The normalized spacial score (nSPS) is 11.5. The first kappa shape index (κ1) is 13.8. The Hall–Kier alpha value is -2.64. The van der Waals surface area contributed by atoms with Crippen molar-refractivity contribution in [3.8, 4) is 0 Å². The average Bonchev–Trinajstić information content (AvgIpc) is 3.00. The molecule has 0 aliphatic carbocycles. The maximum Gasteiger partial charge on any atom is 0.0358 e. The third kappa shape index (κ3) is 2.21. The lowest BCUT2D eigenvalue weighted by Crippen LogP contribution is -1.89. The first-order valence-corrected chi connectivity index (χ1v) is 9.07. The predicted molar refractivity (Wildman–Crippen MR) is 106 cm³/mol. The van der Waals surface area contributed by atoms with E-state index in [-0.39, 0.29) is 0 Å². The first-order chi connectivity index (χ1) is 11.9. The van der Waals surface area contributed by atoms with E-state index in [2.05, 4.69) is 84.9 Å². The molecular formula is C23H16S. The minimum absolute atomic E-state index is 0.978. The van der Waals surface area contributed by atoms with Gasteiger partial charge in [0, 0.05) is 20.2 Å². The van der Waals surface area contributed by atoms with E-state index in [1.54, 1.807) is 0 Å². The van der Waals surface area contributed by atoms with Gasteiger partial charge in [-0.05, 0) is 40.5 Å². The molecule has 0 unspecified atom stereocenters. The SMILES string of the molecule is c1ccc2c(Cc3ccc4c(c3)sc3ccccc34)cccc2c1. The Labute approximate surface area is 145 Å². The van der Waals surface area contributed by atoms with Crippen molar-refractivity contribution in [2.45, 2.75) is 6.42 Å². The van der Waals surface area contributed by atoms with Gasteiger partial charge in [0.15, 0.2) is 0 Å². The van der Waals surface area contributed by atoms with Crippen molar-refractivity contribution < 1.29 is 0 Å². The van der Waals surface area contributed by atoms with Gasteiger partial charge in [-0.3, -0.25) is 0 Å². The highest BCUT2D eigenvalue weighted by Crippen LogP contribution is 2.34. The molecular weight excluding hydrogens is 308 g/mol. The lowest BCUT2D eigenvalue weighted by molar-refractivity contribution is 1.22. The fourth-order valence-corrected chi connectivity index (χ4v) is 4.72. The first-order valence-electron chi connectivity index (χ1n) is 8.25. The molecule has 4 aromatic carbocycles. The van der Waals surface area contributed by atoms with Crippen LogP contribution in [0.5, 0.6) is 0 Å². The summed E-state index contributed by atoms with van der Waals surface area (Å²) in [6.45, 7) is 0. The van der Waals surface area contributed by atoms with Crippen LogP contribution in [0.25, 0.3) is 30.9 Å². The lowest BCUT2D eigenvalue weighted by atomic mass is 9.98. The number of thiophene rings is 1. The third-order valence-electron chi connectivity index (χ3n) is 4.72. The minimum Gasteiger partial charge on any atom is -0.135 e. The van der Waals surface area contributed by atoms with E-state index in [9.17, 15) is 0 Å². The molecule has 0 spiro atoms. The second-order valence-corrected chi connectivity index (χ2v) is 7.33. The summed E-state index contributed by atoms with van der Waals surface area (Å²) in [5, 5.41) is 5.42. The van der Waals surface area contributed by atoms with Crippen LogP contribution < -0.4 is 0 Å². The summed E-state index contributed by atoms with van der Waals surface area (Å²) in [4.78, 5) is 0. The van der Waals surface area contributed by atoms with Crippen LogP contribution >= 0.6 is 11.3 Å². The smallest absolute Gasteiger partial charge is 0.0358 e. The molecule has 0 aliphatic rings. The molecule has 0 atom stereocenters. The molecule has 1 heteroatoms. The van der Waals surface area contributed by atoms with Crippen LogP contribution in [-0.4, -0.2) is 0 Å². The molecule has 114 valence electrons. The highest BCUT2D eigenvalue weighted by molar-refractivity contribution is 7.25. The van der Waals surface area contributed by atoms with Crippen molar-refractivity contribution in [1.82, 2.24) is 0 Å². The molecule has 0 radical (unpaired) electrons. The lowest BCUT2D eigenvalue weighted by Gasteiger charge is -2.07. The van der Waals surface area contributed by atoms with Gasteiger partial charge in [0.2, 0.25) is 0 Å². The number of hydrogen-bond donors (Lipinski definition) is 0. The predicted octanol–water partition coefficient (Wildman–Crippen LogP) is 6.80. The molecule has 1 aromatic heterocycles. The fourth-order valence-electron chi connectivity index (χ4n) is 3.55. The van der Waals surface area contributed by atoms with Gasteiger partial charge in [-0.25, -0.2) is 0 Å². The Morgan fingerprint density at radius 1 is 0.583 bits per heavy atom. The standard InChI is InChI=1S/C23H16S/c1-2-9-19-17(6-1)7-5-8-18(19)14-16-12-13-21-20-10-3-4-11-22(20)24-23(21)15-16/h1-13,15H,14H2. The van der Waals surface area contributed by atoms with E-state index < -0.39 is 0 Å². The maximum atomic E-state index is 2.36. The van der Waals surface area contributed by atoms with Crippen LogP contribution in [0.3, 0.4) is 0 Å². The summed E-state index contributed by atoms with van der Waals surface area (Å²) >= 11 is 1.89. The zero-order chi connectivity index (χ0) is 15.9. The largest absolute Gasteiger partial charge is 0.135 e. The number of hydrogen-bond acceptors (Lipinski definition) is 1. The van der Waals surface area contributed by atoms with Crippen molar-refractivity contribution in [3.05, 3.63) is 96.1 Å². The Bertz CT molecular complexity index is 1180. The zero-order valence-corrected chi connectivity index (χ0v) is 14.0. The topological polar surface area (TPSA) is 0 Å². The molecule has 0 amide bonds. The van der Waals surface area contributed by atoms with Crippen LogP contribution in [0.15, 0.2) is 84.9 Å². The van der Waals surface area contributed by atoms with Gasteiger partial charge >= 0.3 is 0 Å². The second kappa shape index (κ2) is 5.47. The molecule has 5 aromatic rings. The van der Waals surface area contributed by atoms with Crippen molar-refractivity contribution in [1.29, 1.82) is 0 Å². The third-order valence-corrected chi connectivity index (χ3v) is 5.85. The molecule has 0 nitrogen and oxygen atoms in total. The molecule has 0 saturated heterocycles. The summed E-state index contributed by atoms with van der Waals surface area (Å²) in [6.07, 6.45) is 0.978. The molecule has 0 bridgehead atoms. The van der Waals surface area contributed by atoms with Gasteiger partial charge in [-0.1, -0.05) is 72.8 Å². The van der Waals surface area contributed by atoms with Crippen LogP contribution in [0, 0.1) is 0 Å². The van der Waals surface area contributed by atoms with E-state index in [1.165, 1.54) is 42.1 Å². The summed E-state index contributed by atoms with van der Waals surface area (Å²) in [6, 6.07) is 30.9. The van der Waals surface area contributed by atoms with E-state index >= 15 is 0 Å². The van der Waals surface area contributed by atoms with Gasteiger partial charge in [0.25, 0.3) is 0 Å². The Balaban J connectivity index is 1.62.